The van der Waals surface area contributed by atoms with E-state index >= 15 is 0 Å². The molecule has 0 bridgehead atoms. The SMILES string of the molecule is NS(=O)(=O)c1ccc(-c2ccc3c(c2)CC[C@H](CNC[C@@H](O)c2cccnc2)O3)cc1. The molecule has 0 radical (unpaired) electrons. The highest BCUT2D eigenvalue weighted by Gasteiger charge is 2.20. The number of nitrogens with one attached hydrogen (secondary N) is 1. The number of sulfonamides is 1. The number of nitrogens with zero attached hydrogens (tertiary/aromatic N) is 1. The van der Waals surface area contributed by atoms with Crippen molar-refractivity contribution in [3.63, 3.8) is 0 Å². The number of primary sulfonamides is 1. The van der Waals surface area contributed by atoms with E-state index in [1.165, 1.54) is 12.1 Å². The number of hydrogen-bond acceptors (Lipinski definition) is 6. The molecule has 0 spiro atoms. The van der Waals surface area contributed by atoms with Gasteiger partial charge in [-0.2, -0.15) is 0 Å². The highest BCUT2D eigenvalue weighted by Crippen LogP contribution is 2.32. The summed E-state index contributed by atoms with van der Waals surface area (Å²) in [4.78, 5) is 4.13. The first-order valence-corrected chi connectivity index (χ1v) is 11.7. The van der Waals surface area contributed by atoms with Crippen LogP contribution in [-0.2, 0) is 16.4 Å². The lowest BCUT2D eigenvalue weighted by Gasteiger charge is -2.27. The Morgan fingerprint density at radius 3 is 2.65 bits per heavy atom. The minimum absolute atomic E-state index is 0.0356. The quantitative estimate of drug-likeness (QED) is 0.521. The van der Waals surface area contributed by atoms with Crippen molar-refractivity contribution in [1.29, 1.82) is 0 Å². The highest BCUT2D eigenvalue weighted by atomic mass is 32.2. The van der Waals surface area contributed by atoms with Gasteiger partial charge in [0, 0.05) is 31.0 Å². The first kappa shape index (κ1) is 21.5. The molecule has 2 heterocycles. The van der Waals surface area contributed by atoms with Gasteiger partial charge in [0.1, 0.15) is 11.9 Å². The Balaban J connectivity index is 1.35. The first-order valence-electron chi connectivity index (χ1n) is 10.1. The van der Waals surface area contributed by atoms with Gasteiger partial charge in [0.2, 0.25) is 10.0 Å². The number of nitrogens with two attached hydrogens (primary N) is 1. The van der Waals surface area contributed by atoms with E-state index in [1.807, 2.05) is 24.3 Å². The van der Waals surface area contributed by atoms with Crippen molar-refractivity contribution in [3.05, 3.63) is 78.1 Å². The van der Waals surface area contributed by atoms with E-state index in [1.54, 1.807) is 24.5 Å². The first-order chi connectivity index (χ1) is 14.9. The van der Waals surface area contributed by atoms with Crippen molar-refractivity contribution in [2.45, 2.75) is 29.9 Å². The number of benzene rings is 2. The van der Waals surface area contributed by atoms with Crippen LogP contribution in [0.3, 0.4) is 0 Å². The number of pyridine rings is 1. The molecular weight excluding hydrogens is 414 g/mol. The number of aliphatic hydroxyl groups excluding tert-OH is 1. The predicted octanol–water partition coefficient (Wildman–Crippen LogP) is 2.41. The summed E-state index contributed by atoms with van der Waals surface area (Å²) >= 11 is 0. The normalized spacial score (nSPS) is 16.9. The molecule has 2 aromatic carbocycles. The van der Waals surface area contributed by atoms with E-state index in [0.717, 1.165) is 40.8 Å². The zero-order valence-electron chi connectivity index (χ0n) is 16.9. The smallest absolute Gasteiger partial charge is 0.238 e. The third-order valence-electron chi connectivity index (χ3n) is 5.38. The van der Waals surface area contributed by atoms with Crippen molar-refractivity contribution in [3.8, 4) is 16.9 Å². The molecule has 7 nitrogen and oxygen atoms in total. The molecule has 0 saturated heterocycles. The van der Waals surface area contributed by atoms with Gasteiger partial charge < -0.3 is 15.2 Å². The van der Waals surface area contributed by atoms with Crippen LogP contribution in [0.2, 0.25) is 0 Å². The molecule has 1 aliphatic rings. The van der Waals surface area contributed by atoms with Crippen molar-refractivity contribution < 1.29 is 18.3 Å². The number of hydrogen-bond donors (Lipinski definition) is 3. The van der Waals surface area contributed by atoms with Crippen LogP contribution >= 0.6 is 0 Å². The summed E-state index contributed by atoms with van der Waals surface area (Å²) in [7, 11) is -3.70. The summed E-state index contributed by atoms with van der Waals surface area (Å²) < 4.78 is 29.0. The highest BCUT2D eigenvalue weighted by molar-refractivity contribution is 7.89. The van der Waals surface area contributed by atoms with Gasteiger partial charge in [-0.1, -0.05) is 24.3 Å². The summed E-state index contributed by atoms with van der Waals surface area (Å²) in [5.74, 6) is 0.857. The van der Waals surface area contributed by atoms with Gasteiger partial charge in [-0.15, -0.1) is 0 Å². The van der Waals surface area contributed by atoms with E-state index in [2.05, 4.69) is 16.4 Å². The second kappa shape index (κ2) is 9.15. The van der Waals surface area contributed by atoms with Crippen LogP contribution < -0.4 is 15.2 Å². The fourth-order valence-electron chi connectivity index (χ4n) is 3.68. The topological polar surface area (TPSA) is 115 Å². The molecule has 3 aromatic rings. The molecule has 0 unspecified atom stereocenters. The Bertz CT molecular complexity index is 1140. The number of aromatic nitrogens is 1. The molecule has 1 aliphatic heterocycles. The van der Waals surface area contributed by atoms with Crippen LogP contribution in [0.15, 0.2) is 71.9 Å². The van der Waals surface area contributed by atoms with E-state index in [0.29, 0.717) is 13.1 Å². The Kier molecular flexibility index (Phi) is 6.33. The van der Waals surface area contributed by atoms with Crippen LogP contribution in [-0.4, -0.2) is 37.7 Å². The van der Waals surface area contributed by atoms with E-state index in [9.17, 15) is 13.5 Å². The number of aryl methyl sites for hydroxylation is 1. The minimum atomic E-state index is -3.70. The third kappa shape index (κ3) is 5.29. The fourth-order valence-corrected chi connectivity index (χ4v) is 4.19. The average Bonchev–Trinajstić information content (AvgIpc) is 2.79. The predicted molar refractivity (Wildman–Crippen MR) is 118 cm³/mol. The summed E-state index contributed by atoms with van der Waals surface area (Å²) in [5.41, 5.74) is 3.83. The van der Waals surface area contributed by atoms with Gasteiger partial charge in [-0.05, 0) is 59.9 Å². The summed E-state index contributed by atoms with van der Waals surface area (Å²) in [6, 6.07) is 16.2. The lowest BCUT2D eigenvalue weighted by atomic mass is 9.97. The minimum Gasteiger partial charge on any atom is -0.489 e. The standard InChI is InChI=1S/C23H25N3O4S/c24-31(28,29)21-8-4-16(5-9-21)17-6-10-23-18(12-17)3-7-20(30-23)14-26-15-22(27)19-2-1-11-25-13-19/h1-2,4-6,8-13,20,22,26-27H,3,7,14-15H2,(H2,24,28,29)/t20-,22-/m1/s1. The van der Waals surface area contributed by atoms with Crippen LogP contribution in [0.5, 0.6) is 5.75 Å². The van der Waals surface area contributed by atoms with E-state index < -0.39 is 16.1 Å². The molecule has 0 saturated carbocycles. The van der Waals surface area contributed by atoms with Gasteiger partial charge >= 0.3 is 0 Å². The van der Waals surface area contributed by atoms with Crippen molar-refractivity contribution in [2.24, 2.45) is 5.14 Å². The molecule has 162 valence electrons. The zero-order chi connectivity index (χ0) is 21.8. The van der Waals surface area contributed by atoms with Gasteiger partial charge in [-0.25, -0.2) is 13.6 Å². The lowest BCUT2D eigenvalue weighted by molar-refractivity contribution is 0.146. The fraction of sp³-hybridized carbons (Fsp3) is 0.261. The molecule has 8 heteroatoms. The molecule has 1 aromatic heterocycles. The maximum absolute atomic E-state index is 11.4. The average molecular weight is 440 g/mol. The molecular formula is C23H25N3O4S. The number of aliphatic hydroxyl groups is 1. The molecule has 0 fully saturated rings. The van der Waals surface area contributed by atoms with Gasteiger partial charge in [-0.3, -0.25) is 4.98 Å². The van der Waals surface area contributed by atoms with Crippen LogP contribution in [0.25, 0.3) is 11.1 Å². The van der Waals surface area contributed by atoms with Gasteiger partial charge in [0.05, 0.1) is 11.0 Å². The molecule has 4 N–H and O–H groups in total. The van der Waals surface area contributed by atoms with Crippen molar-refractivity contribution in [1.82, 2.24) is 10.3 Å². The molecule has 31 heavy (non-hydrogen) atoms. The van der Waals surface area contributed by atoms with Crippen LogP contribution in [0, 0.1) is 0 Å². The molecule has 4 rings (SSSR count). The maximum Gasteiger partial charge on any atom is 0.238 e. The Morgan fingerprint density at radius 2 is 1.94 bits per heavy atom. The third-order valence-corrected chi connectivity index (χ3v) is 6.31. The lowest BCUT2D eigenvalue weighted by Crippen LogP contribution is -2.36. The summed E-state index contributed by atoms with van der Waals surface area (Å²) in [6.45, 7) is 1.08. The largest absolute Gasteiger partial charge is 0.489 e. The summed E-state index contributed by atoms with van der Waals surface area (Å²) in [5, 5.41) is 18.7. The number of ether oxygens (including phenoxy) is 1. The number of fused-ring (bicyclic) bond motifs is 1. The second-order valence-electron chi connectivity index (χ2n) is 7.63. The molecule has 0 aliphatic carbocycles. The Hall–Kier alpha value is -2.78. The van der Waals surface area contributed by atoms with Crippen LogP contribution in [0.4, 0.5) is 0 Å². The Morgan fingerprint density at radius 1 is 1.16 bits per heavy atom. The number of rotatable bonds is 7. The van der Waals surface area contributed by atoms with E-state index in [-0.39, 0.29) is 11.0 Å². The monoisotopic (exact) mass is 439 g/mol. The van der Waals surface area contributed by atoms with E-state index in [4.69, 9.17) is 9.88 Å². The Labute approximate surface area is 182 Å². The zero-order valence-corrected chi connectivity index (χ0v) is 17.8. The van der Waals surface area contributed by atoms with Crippen LogP contribution in [0.1, 0.15) is 23.7 Å². The maximum atomic E-state index is 11.4. The van der Waals surface area contributed by atoms with Gasteiger partial charge in [0.25, 0.3) is 0 Å². The van der Waals surface area contributed by atoms with Gasteiger partial charge in [0.15, 0.2) is 0 Å². The molecule has 2 atom stereocenters. The van der Waals surface area contributed by atoms with Crippen molar-refractivity contribution in [2.75, 3.05) is 13.1 Å². The molecule has 0 amide bonds. The summed E-state index contributed by atoms with van der Waals surface area (Å²) in [6.07, 6.45) is 4.54. The van der Waals surface area contributed by atoms with Crippen molar-refractivity contribution >= 4 is 10.0 Å². The second-order valence-corrected chi connectivity index (χ2v) is 9.19.